The van der Waals surface area contributed by atoms with E-state index in [0.29, 0.717) is 6.61 Å². The van der Waals surface area contributed by atoms with Gasteiger partial charge in [0, 0.05) is 6.61 Å². The summed E-state index contributed by atoms with van der Waals surface area (Å²) in [6, 6.07) is 0. The van der Waals surface area contributed by atoms with Gasteiger partial charge in [-0.15, -0.1) is 0 Å². The minimum atomic E-state index is -0.667. The van der Waals surface area contributed by atoms with Crippen LogP contribution in [0.4, 0.5) is 4.79 Å². The van der Waals surface area contributed by atoms with Crippen molar-refractivity contribution in [3.8, 4) is 0 Å². The van der Waals surface area contributed by atoms with Crippen molar-refractivity contribution in [3.05, 3.63) is 0 Å². The third-order valence-electron chi connectivity index (χ3n) is 1.90. The maximum atomic E-state index is 10.7. The number of methoxy groups -OCH3 is 1. The Kier molecular flexibility index (Phi) is 5.46. The number of ether oxygens (including phenoxy) is 3. The van der Waals surface area contributed by atoms with Gasteiger partial charge in [0.25, 0.3) is 0 Å². The fourth-order valence-corrected chi connectivity index (χ4v) is 0.865. The Balaban J connectivity index is 3.89. The highest BCUT2D eigenvalue weighted by molar-refractivity contribution is 5.59. The van der Waals surface area contributed by atoms with Crippen molar-refractivity contribution in [2.75, 3.05) is 20.3 Å². The summed E-state index contributed by atoms with van der Waals surface area (Å²) in [5, 5.41) is 0. The minimum absolute atomic E-state index is 0.226. The van der Waals surface area contributed by atoms with E-state index in [1.54, 1.807) is 0 Å². The summed E-state index contributed by atoms with van der Waals surface area (Å²) in [6.07, 6.45) is 0.122. The maximum absolute atomic E-state index is 10.7. The fourth-order valence-electron chi connectivity index (χ4n) is 0.865. The van der Waals surface area contributed by atoms with Crippen molar-refractivity contribution in [1.29, 1.82) is 0 Å². The molecular weight excluding hydrogens is 172 g/mol. The average molecular weight is 190 g/mol. The Hall–Kier alpha value is -0.770. The van der Waals surface area contributed by atoms with Crippen molar-refractivity contribution in [1.82, 2.24) is 0 Å². The molecule has 1 unspecified atom stereocenters. The summed E-state index contributed by atoms with van der Waals surface area (Å²) >= 11 is 0. The van der Waals surface area contributed by atoms with Crippen molar-refractivity contribution >= 4 is 6.16 Å². The molecule has 0 aromatic rings. The van der Waals surface area contributed by atoms with Gasteiger partial charge in [-0.25, -0.2) is 4.79 Å². The monoisotopic (exact) mass is 190 g/mol. The van der Waals surface area contributed by atoms with E-state index < -0.39 is 11.8 Å². The standard InChI is InChI=1S/C9H18O4/c1-5-9(3,13-6-2)7-12-8(10)11-4/h5-7H2,1-4H3. The molecule has 0 aromatic heterocycles. The van der Waals surface area contributed by atoms with Crippen LogP contribution in [0.1, 0.15) is 27.2 Å². The normalized spacial score (nSPS) is 14.8. The first-order chi connectivity index (χ1) is 6.08. The highest BCUT2D eigenvalue weighted by atomic mass is 16.7. The molecule has 0 heterocycles. The third-order valence-corrected chi connectivity index (χ3v) is 1.90. The van der Waals surface area contributed by atoms with Gasteiger partial charge in [0.1, 0.15) is 6.61 Å². The smallest absolute Gasteiger partial charge is 0.438 e. The SMILES string of the molecule is CCOC(C)(CC)COC(=O)OC. The molecule has 0 aliphatic heterocycles. The van der Waals surface area contributed by atoms with Gasteiger partial charge in [0.05, 0.1) is 12.7 Å². The van der Waals surface area contributed by atoms with E-state index in [4.69, 9.17) is 9.47 Å². The van der Waals surface area contributed by atoms with Crippen LogP contribution in [0.3, 0.4) is 0 Å². The summed E-state index contributed by atoms with van der Waals surface area (Å²) in [7, 11) is 1.28. The summed E-state index contributed by atoms with van der Waals surface area (Å²) < 4.78 is 14.6. The zero-order chi connectivity index (χ0) is 10.3. The summed E-state index contributed by atoms with van der Waals surface area (Å²) in [4.78, 5) is 10.7. The van der Waals surface area contributed by atoms with Gasteiger partial charge >= 0.3 is 6.16 Å². The van der Waals surface area contributed by atoms with Gasteiger partial charge in [-0.3, -0.25) is 0 Å². The topological polar surface area (TPSA) is 44.8 Å². The van der Waals surface area contributed by atoms with E-state index in [2.05, 4.69) is 4.74 Å². The van der Waals surface area contributed by atoms with Crippen molar-refractivity contribution in [2.45, 2.75) is 32.8 Å². The van der Waals surface area contributed by atoms with Crippen LogP contribution in [0.2, 0.25) is 0 Å². The summed E-state index contributed by atoms with van der Waals surface area (Å²) in [5.74, 6) is 0. The second-order valence-electron chi connectivity index (χ2n) is 2.98. The third kappa shape index (κ3) is 4.72. The first-order valence-corrected chi connectivity index (χ1v) is 4.42. The predicted octanol–water partition coefficient (Wildman–Crippen LogP) is 1.97. The van der Waals surface area contributed by atoms with Gasteiger partial charge in [-0.2, -0.15) is 0 Å². The Labute approximate surface area is 79.2 Å². The number of hydrogen-bond donors (Lipinski definition) is 0. The molecule has 0 aliphatic rings. The molecule has 0 fully saturated rings. The second kappa shape index (κ2) is 5.80. The number of carbonyl (C=O) groups is 1. The van der Waals surface area contributed by atoms with Gasteiger partial charge in [-0.05, 0) is 20.3 Å². The lowest BCUT2D eigenvalue weighted by Crippen LogP contribution is -2.34. The molecule has 1 atom stereocenters. The molecule has 0 rings (SSSR count). The number of hydrogen-bond acceptors (Lipinski definition) is 4. The highest BCUT2D eigenvalue weighted by Crippen LogP contribution is 2.15. The van der Waals surface area contributed by atoms with Crippen molar-refractivity contribution in [2.24, 2.45) is 0 Å². The second-order valence-corrected chi connectivity index (χ2v) is 2.98. The van der Waals surface area contributed by atoms with Gasteiger partial charge in [-0.1, -0.05) is 6.92 Å². The molecule has 13 heavy (non-hydrogen) atoms. The maximum Gasteiger partial charge on any atom is 0.508 e. The molecule has 0 amide bonds. The van der Waals surface area contributed by atoms with E-state index in [1.807, 2.05) is 20.8 Å². The van der Waals surface area contributed by atoms with Gasteiger partial charge < -0.3 is 14.2 Å². The molecule has 0 bridgehead atoms. The average Bonchev–Trinajstić information content (AvgIpc) is 2.15. The van der Waals surface area contributed by atoms with Crippen LogP contribution >= 0.6 is 0 Å². The molecule has 0 saturated heterocycles. The fraction of sp³-hybridized carbons (Fsp3) is 0.889. The molecular formula is C9H18O4. The first kappa shape index (κ1) is 12.2. The lowest BCUT2D eigenvalue weighted by molar-refractivity contribution is -0.0754. The molecule has 0 radical (unpaired) electrons. The van der Waals surface area contributed by atoms with Crippen LogP contribution < -0.4 is 0 Å². The lowest BCUT2D eigenvalue weighted by atomic mass is 10.1. The van der Waals surface area contributed by atoms with Crippen LogP contribution in [0.15, 0.2) is 0 Å². The van der Waals surface area contributed by atoms with Crippen molar-refractivity contribution < 1.29 is 19.0 Å². The van der Waals surface area contributed by atoms with Crippen LogP contribution in [-0.4, -0.2) is 32.1 Å². The molecule has 0 saturated carbocycles. The predicted molar refractivity (Wildman–Crippen MR) is 48.7 cm³/mol. The quantitative estimate of drug-likeness (QED) is 0.622. The molecule has 0 N–H and O–H groups in total. The number of rotatable bonds is 5. The van der Waals surface area contributed by atoms with Crippen molar-refractivity contribution in [3.63, 3.8) is 0 Å². The van der Waals surface area contributed by atoms with Gasteiger partial charge in [0.2, 0.25) is 0 Å². The van der Waals surface area contributed by atoms with E-state index in [9.17, 15) is 4.79 Å². The largest absolute Gasteiger partial charge is 0.508 e. The summed E-state index contributed by atoms with van der Waals surface area (Å²) in [6.45, 7) is 6.63. The Morgan fingerprint density at radius 2 is 2.00 bits per heavy atom. The van der Waals surface area contributed by atoms with Crippen LogP contribution in [0.5, 0.6) is 0 Å². The van der Waals surface area contributed by atoms with E-state index in [0.717, 1.165) is 6.42 Å². The molecule has 0 aliphatic carbocycles. The van der Waals surface area contributed by atoms with E-state index in [-0.39, 0.29) is 6.61 Å². The lowest BCUT2D eigenvalue weighted by Gasteiger charge is -2.26. The Bertz CT molecular complexity index is 158. The first-order valence-electron chi connectivity index (χ1n) is 4.42. The molecule has 4 nitrogen and oxygen atoms in total. The van der Waals surface area contributed by atoms with Gasteiger partial charge in [0.15, 0.2) is 0 Å². The molecule has 78 valence electrons. The Morgan fingerprint density at radius 1 is 1.38 bits per heavy atom. The zero-order valence-corrected chi connectivity index (χ0v) is 8.75. The van der Waals surface area contributed by atoms with Crippen LogP contribution in [0, 0.1) is 0 Å². The molecule has 0 aromatic carbocycles. The molecule has 4 heteroatoms. The van der Waals surface area contributed by atoms with E-state index >= 15 is 0 Å². The van der Waals surface area contributed by atoms with Crippen LogP contribution in [0.25, 0.3) is 0 Å². The van der Waals surface area contributed by atoms with E-state index in [1.165, 1.54) is 7.11 Å². The Morgan fingerprint density at radius 3 is 2.38 bits per heavy atom. The summed E-state index contributed by atoms with van der Waals surface area (Å²) in [5.41, 5.74) is -0.400. The minimum Gasteiger partial charge on any atom is -0.438 e. The zero-order valence-electron chi connectivity index (χ0n) is 8.75. The van der Waals surface area contributed by atoms with Crippen LogP contribution in [-0.2, 0) is 14.2 Å². The number of carbonyl (C=O) groups excluding carboxylic acids is 1. The molecule has 0 spiro atoms. The highest BCUT2D eigenvalue weighted by Gasteiger charge is 2.24.